The number of nitrogens with two attached hydrogens (primary N) is 3. The first-order valence-electron chi connectivity index (χ1n) is 14.7. The van der Waals surface area contributed by atoms with Crippen LogP contribution in [0.1, 0.15) is 39.5 Å². The van der Waals surface area contributed by atoms with E-state index >= 15 is 0 Å². The Bertz CT molecular complexity index is 1080. The van der Waals surface area contributed by atoms with E-state index in [0.717, 1.165) is 0 Å². The van der Waals surface area contributed by atoms with Crippen molar-refractivity contribution in [3.05, 3.63) is 0 Å². The number of hydrogen-bond donors (Lipinski definition) is 14. The maximum absolute atomic E-state index is 13.3. The predicted octanol–water partition coefficient (Wildman–Crippen LogP) is -5.96. The van der Waals surface area contributed by atoms with Crippen molar-refractivity contribution in [3.8, 4) is 0 Å². The quantitative estimate of drug-likeness (QED) is 0.0440. The Morgan fingerprint density at radius 3 is 1.21 bits per heavy atom. The van der Waals surface area contributed by atoms with E-state index in [0.29, 0.717) is 0 Å². The molecule has 47 heavy (non-hydrogen) atoms. The highest BCUT2D eigenvalue weighted by Crippen LogP contribution is 2.05. The molecule has 6 unspecified atom stereocenters. The molecule has 0 aromatic heterocycles. The fourth-order valence-electron chi connectivity index (χ4n) is 3.66. The van der Waals surface area contributed by atoms with Crippen molar-refractivity contribution in [3.63, 3.8) is 0 Å². The third-order valence-corrected chi connectivity index (χ3v) is 7.21. The lowest BCUT2D eigenvalue weighted by Crippen LogP contribution is -2.61. The molecule has 0 aliphatic rings. The van der Waals surface area contributed by atoms with E-state index in [4.69, 9.17) is 22.3 Å². The zero-order valence-electron chi connectivity index (χ0n) is 26.4. The van der Waals surface area contributed by atoms with Gasteiger partial charge in [-0.25, -0.2) is 4.79 Å². The summed E-state index contributed by atoms with van der Waals surface area (Å²) in [5, 5.41) is 42.6. The molecule has 0 saturated heterocycles. The van der Waals surface area contributed by atoms with Crippen LogP contribution in [0.25, 0.3) is 0 Å². The van der Waals surface area contributed by atoms with Gasteiger partial charge in [0.1, 0.15) is 36.3 Å². The molecular formula is C26H49N9O10S2. The van der Waals surface area contributed by atoms with Crippen LogP contribution in [0.15, 0.2) is 0 Å². The first kappa shape index (κ1) is 43.8. The van der Waals surface area contributed by atoms with E-state index in [9.17, 15) is 43.8 Å². The van der Waals surface area contributed by atoms with Crippen molar-refractivity contribution >= 4 is 66.7 Å². The molecule has 6 atom stereocenters. The van der Waals surface area contributed by atoms with Crippen LogP contribution < -0.4 is 49.1 Å². The van der Waals surface area contributed by atoms with Crippen molar-refractivity contribution in [1.29, 1.82) is 0 Å². The van der Waals surface area contributed by atoms with Gasteiger partial charge in [-0.15, -0.1) is 0 Å². The molecule has 0 spiro atoms. The molecule has 21 heteroatoms. The number of carboxylic acids is 1. The van der Waals surface area contributed by atoms with Gasteiger partial charge in [0.2, 0.25) is 35.4 Å². The van der Waals surface area contributed by atoms with Gasteiger partial charge in [-0.3, -0.25) is 28.8 Å². The number of nitrogens with one attached hydrogen (secondary N) is 6. The van der Waals surface area contributed by atoms with Gasteiger partial charge in [-0.05, 0) is 52.6 Å². The minimum Gasteiger partial charge on any atom is -0.480 e. The summed E-state index contributed by atoms with van der Waals surface area (Å²) in [6, 6.07) is -8.38. The topological polar surface area (TPSA) is 330 Å². The fraction of sp³-hybridized carbons (Fsp3) is 0.731. The van der Waals surface area contributed by atoms with E-state index in [1.54, 1.807) is 0 Å². The number of carbonyl (C=O) groups excluding carboxylic acids is 6. The van der Waals surface area contributed by atoms with E-state index in [1.807, 2.05) is 0 Å². The van der Waals surface area contributed by atoms with Crippen molar-refractivity contribution in [2.45, 2.75) is 81.3 Å². The van der Waals surface area contributed by atoms with Gasteiger partial charge in [0, 0.05) is 11.5 Å². The lowest BCUT2D eigenvalue weighted by Gasteiger charge is -2.27. The molecule has 15 N–H and O–H groups in total. The van der Waals surface area contributed by atoms with Crippen LogP contribution in [0.2, 0.25) is 0 Å². The highest BCUT2D eigenvalue weighted by molar-refractivity contribution is 7.80. The summed E-state index contributed by atoms with van der Waals surface area (Å²) < 4.78 is 0. The maximum atomic E-state index is 13.3. The molecule has 270 valence electrons. The van der Waals surface area contributed by atoms with E-state index in [2.05, 4.69) is 57.2 Å². The smallest absolute Gasteiger partial charge is 0.327 e. The van der Waals surface area contributed by atoms with Crippen molar-refractivity contribution < 1.29 is 48.9 Å². The van der Waals surface area contributed by atoms with Gasteiger partial charge in [0.15, 0.2) is 0 Å². The Hall–Kier alpha value is -3.21. The van der Waals surface area contributed by atoms with Gasteiger partial charge in [-0.2, -0.15) is 25.3 Å². The van der Waals surface area contributed by atoms with E-state index < -0.39 is 96.4 Å². The standard InChI is InChI=1S/C26H49N9O10S2/c1-26(2,29)25(45)35-17(11-46)23(42)33-15(9-36)21(40)31-13(5-3-7-27)19(38)30-14(6-4-8-28)20(39)32-16(10-37)22(41)34-18(12-47)24(43)44/h13-18,36-37,46-47H,3-12,27-29H2,1-2H3,(H,30,38)(H,31,40)(H,32,39)(H,33,42)(H,34,41)(H,35,45)(H,43,44). The Morgan fingerprint density at radius 1 is 0.596 bits per heavy atom. The average molecular weight is 712 g/mol. The lowest BCUT2D eigenvalue weighted by molar-refractivity contribution is -0.142. The van der Waals surface area contributed by atoms with Crippen LogP contribution in [-0.4, -0.2) is 136 Å². The Morgan fingerprint density at radius 2 is 0.915 bits per heavy atom. The molecule has 0 bridgehead atoms. The summed E-state index contributed by atoms with van der Waals surface area (Å²) in [4.78, 5) is 88.1. The fourth-order valence-corrected chi connectivity index (χ4v) is 4.16. The molecule has 0 rings (SSSR count). The number of carboxylic acid groups (broad SMARTS) is 1. The molecule has 6 amide bonds. The molecule has 0 aliphatic heterocycles. The lowest BCUT2D eigenvalue weighted by atomic mass is 10.1. The molecule has 19 nitrogen and oxygen atoms in total. The van der Waals surface area contributed by atoms with Crippen LogP contribution in [0.3, 0.4) is 0 Å². The number of hydrogen-bond acceptors (Lipinski definition) is 14. The van der Waals surface area contributed by atoms with Crippen LogP contribution in [0.5, 0.6) is 0 Å². The van der Waals surface area contributed by atoms with Crippen molar-refractivity contribution in [1.82, 2.24) is 31.9 Å². The minimum absolute atomic E-state index is 0.0196. The zero-order chi connectivity index (χ0) is 36.3. The summed E-state index contributed by atoms with van der Waals surface area (Å²) in [6.07, 6.45) is 0.428. The largest absolute Gasteiger partial charge is 0.480 e. The second-order valence-corrected chi connectivity index (χ2v) is 11.7. The Balaban J connectivity index is 5.80. The first-order valence-corrected chi connectivity index (χ1v) is 16.0. The summed E-state index contributed by atoms with van der Waals surface area (Å²) in [6.45, 7) is 1.28. The third-order valence-electron chi connectivity index (χ3n) is 6.48. The molecule has 0 fully saturated rings. The summed E-state index contributed by atoms with van der Waals surface area (Å²) in [7, 11) is 0. The van der Waals surface area contributed by atoms with Crippen LogP contribution in [0, 0.1) is 0 Å². The van der Waals surface area contributed by atoms with Gasteiger partial charge in [-0.1, -0.05) is 0 Å². The monoisotopic (exact) mass is 711 g/mol. The van der Waals surface area contributed by atoms with Gasteiger partial charge in [0.25, 0.3) is 0 Å². The minimum atomic E-state index is -1.58. The number of amides is 6. The summed E-state index contributed by atoms with van der Waals surface area (Å²) >= 11 is 7.88. The second-order valence-electron chi connectivity index (χ2n) is 11.0. The molecule has 0 aromatic rings. The van der Waals surface area contributed by atoms with Crippen LogP contribution >= 0.6 is 25.3 Å². The molecule has 0 saturated carbocycles. The Labute approximate surface area is 283 Å². The van der Waals surface area contributed by atoms with E-state index in [1.165, 1.54) is 13.8 Å². The van der Waals surface area contributed by atoms with Crippen molar-refractivity contribution in [2.75, 3.05) is 37.8 Å². The highest BCUT2D eigenvalue weighted by Gasteiger charge is 2.33. The maximum Gasteiger partial charge on any atom is 0.327 e. The Kier molecular flexibility index (Phi) is 20.8. The number of thiol groups is 2. The number of aliphatic carboxylic acids is 1. The van der Waals surface area contributed by atoms with Crippen molar-refractivity contribution in [2.24, 2.45) is 17.2 Å². The summed E-state index contributed by atoms with van der Waals surface area (Å²) in [5.41, 5.74) is 15.6. The van der Waals surface area contributed by atoms with E-state index in [-0.39, 0.29) is 50.3 Å². The van der Waals surface area contributed by atoms with Gasteiger partial charge in [0.05, 0.1) is 18.8 Å². The van der Waals surface area contributed by atoms with Gasteiger partial charge >= 0.3 is 5.97 Å². The SMILES string of the molecule is CC(C)(N)C(=O)NC(CS)C(=O)NC(CO)C(=O)NC(CCCN)C(=O)NC(CCCN)C(=O)NC(CO)C(=O)NC(CS)C(=O)O. The first-order chi connectivity index (χ1) is 22.0. The van der Waals surface area contributed by atoms with Crippen LogP contribution in [-0.2, 0) is 33.6 Å². The number of aliphatic hydroxyl groups is 2. The average Bonchev–Trinajstić information content (AvgIpc) is 3.02. The van der Waals surface area contributed by atoms with Gasteiger partial charge < -0.3 is 64.4 Å². The molecule has 0 heterocycles. The molecule has 0 radical (unpaired) electrons. The zero-order valence-corrected chi connectivity index (χ0v) is 28.1. The molecule has 0 aromatic carbocycles. The number of carbonyl (C=O) groups is 7. The van der Waals surface area contributed by atoms with Crippen LogP contribution in [0.4, 0.5) is 0 Å². The number of aliphatic hydroxyl groups excluding tert-OH is 2. The third kappa shape index (κ3) is 16.0. The summed E-state index contributed by atoms with van der Waals surface area (Å²) in [5.74, 6) is -7.11. The molecule has 0 aliphatic carbocycles. The molecular weight excluding hydrogens is 662 g/mol. The predicted molar refractivity (Wildman–Crippen MR) is 176 cm³/mol. The highest BCUT2D eigenvalue weighted by atomic mass is 32.1. The second kappa shape index (κ2) is 22.4. The normalized spacial score (nSPS) is 15.1. The number of rotatable bonds is 23.